The Morgan fingerprint density at radius 2 is 1.73 bits per heavy atom. The Hall–Kier alpha value is -2.93. The van der Waals surface area contributed by atoms with Crippen molar-refractivity contribution in [2.24, 2.45) is 5.92 Å². The van der Waals surface area contributed by atoms with E-state index in [4.69, 9.17) is 9.72 Å². The molecule has 7 nitrogen and oxygen atoms in total. The maximum absolute atomic E-state index is 9.39. The van der Waals surface area contributed by atoms with Crippen molar-refractivity contribution < 1.29 is 9.84 Å². The highest BCUT2D eigenvalue weighted by molar-refractivity contribution is 5.80. The first-order valence-electron chi connectivity index (χ1n) is 10.7. The molecule has 0 aliphatic carbocycles. The summed E-state index contributed by atoms with van der Waals surface area (Å²) in [6, 6.07) is 12.4. The fourth-order valence-electron chi connectivity index (χ4n) is 4.37. The highest BCUT2D eigenvalue weighted by Crippen LogP contribution is 2.30. The largest absolute Gasteiger partial charge is 0.470 e. The lowest BCUT2D eigenvalue weighted by Crippen LogP contribution is -2.36. The van der Waals surface area contributed by atoms with E-state index in [9.17, 15) is 5.11 Å². The van der Waals surface area contributed by atoms with Crippen molar-refractivity contribution in [1.82, 2.24) is 15.0 Å². The van der Waals surface area contributed by atoms with Gasteiger partial charge in [-0.1, -0.05) is 18.2 Å². The van der Waals surface area contributed by atoms with Crippen LogP contribution in [0.15, 0.2) is 48.8 Å². The monoisotopic (exact) mass is 405 g/mol. The van der Waals surface area contributed by atoms with E-state index in [0.29, 0.717) is 11.8 Å². The molecule has 2 fully saturated rings. The van der Waals surface area contributed by atoms with Crippen LogP contribution >= 0.6 is 0 Å². The lowest BCUT2D eigenvalue weighted by molar-refractivity contribution is 0.200. The van der Waals surface area contributed by atoms with E-state index in [0.717, 1.165) is 68.0 Å². The molecular weight excluding hydrogens is 378 g/mol. The van der Waals surface area contributed by atoms with Crippen molar-refractivity contribution in [1.29, 1.82) is 0 Å². The van der Waals surface area contributed by atoms with Crippen molar-refractivity contribution in [2.45, 2.75) is 25.4 Å². The number of aliphatic hydroxyl groups excluding tert-OH is 1. The van der Waals surface area contributed by atoms with Gasteiger partial charge in [-0.25, -0.2) is 15.0 Å². The highest BCUT2D eigenvalue weighted by Gasteiger charge is 2.28. The Kier molecular flexibility index (Phi) is 5.36. The SMILES string of the molecule is OCC1CCN(c2nccnc2O[C@@H]2CCN(c3ccc4ccccc4n3)C2)CC1. The van der Waals surface area contributed by atoms with Crippen LogP contribution in [0.3, 0.4) is 0 Å². The lowest BCUT2D eigenvalue weighted by atomic mass is 9.98. The van der Waals surface area contributed by atoms with Crippen molar-refractivity contribution >= 4 is 22.5 Å². The molecule has 0 unspecified atom stereocenters. The van der Waals surface area contributed by atoms with E-state index in [1.807, 2.05) is 12.1 Å². The molecule has 2 aromatic heterocycles. The third kappa shape index (κ3) is 3.89. The van der Waals surface area contributed by atoms with Crippen LogP contribution in [-0.4, -0.2) is 58.9 Å². The maximum atomic E-state index is 9.39. The number of rotatable bonds is 5. The Labute approximate surface area is 176 Å². The summed E-state index contributed by atoms with van der Waals surface area (Å²) in [5.74, 6) is 2.81. The van der Waals surface area contributed by atoms with Gasteiger partial charge < -0.3 is 19.6 Å². The van der Waals surface area contributed by atoms with Gasteiger partial charge in [-0.05, 0) is 37.0 Å². The molecule has 1 atom stereocenters. The van der Waals surface area contributed by atoms with Crippen LogP contribution in [0.5, 0.6) is 5.88 Å². The van der Waals surface area contributed by atoms with Crippen LogP contribution < -0.4 is 14.5 Å². The number of para-hydroxylation sites is 1. The van der Waals surface area contributed by atoms with E-state index < -0.39 is 0 Å². The third-order valence-corrected chi connectivity index (χ3v) is 6.15. The van der Waals surface area contributed by atoms with Gasteiger partial charge in [0.15, 0.2) is 5.82 Å². The maximum Gasteiger partial charge on any atom is 0.257 e. The molecule has 2 saturated heterocycles. The summed E-state index contributed by atoms with van der Waals surface area (Å²) >= 11 is 0. The second-order valence-corrected chi connectivity index (χ2v) is 8.13. The van der Waals surface area contributed by atoms with E-state index in [2.05, 4.69) is 44.0 Å². The normalized spacial score (nSPS) is 20.1. The van der Waals surface area contributed by atoms with Crippen LogP contribution in [-0.2, 0) is 0 Å². The van der Waals surface area contributed by atoms with E-state index in [-0.39, 0.29) is 12.7 Å². The zero-order valence-electron chi connectivity index (χ0n) is 17.0. The smallest absolute Gasteiger partial charge is 0.257 e. The summed E-state index contributed by atoms with van der Waals surface area (Å²) < 4.78 is 6.32. The summed E-state index contributed by atoms with van der Waals surface area (Å²) in [7, 11) is 0. The number of ether oxygens (including phenoxy) is 1. The molecular formula is C23H27N5O2. The fourth-order valence-corrected chi connectivity index (χ4v) is 4.37. The van der Waals surface area contributed by atoms with E-state index >= 15 is 0 Å². The number of hydrogen-bond acceptors (Lipinski definition) is 7. The van der Waals surface area contributed by atoms with Gasteiger partial charge in [-0.15, -0.1) is 0 Å². The molecule has 3 aromatic rings. The lowest BCUT2D eigenvalue weighted by Gasteiger charge is -2.32. The summed E-state index contributed by atoms with van der Waals surface area (Å²) in [6.07, 6.45) is 6.34. The molecule has 7 heteroatoms. The third-order valence-electron chi connectivity index (χ3n) is 6.15. The number of hydrogen-bond donors (Lipinski definition) is 1. The molecule has 2 aliphatic heterocycles. The number of aromatic nitrogens is 3. The first-order chi connectivity index (χ1) is 14.8. The number of benzene rings is 1. The predicted molar refractivity (Wildman–Crippen MR) is 117 cm³/mol. The fraction of sp³-hybridized carbons (Fsp3) is 0.435. The van der Waals surface area contributed by atoms with Gasteiger partial charge in [0.2, 0.25) is 0 Å². The number of aliphatic hydroxyl groups is 1. The van der Waals surface area contributed by atoms with Crippen LogP contribution in [0, 0.1) is 5.92 Å². The molecule has 4 heterocycles. The number of piperidine rings is 1. The minimum atomic E-state index is 0.0590. The molecule has 5 rings (SSSR count). The first kappa shape index (κ1) is 19.1. The van der Waals surface area contributed by atoms with Crippen molar-refractivity contribution in [3.63, 3.8) is 0 Å². The molecule has 2 aliphatic rings. The van der Waals surface area contributed by atoms with Gasteiger partial charge in [-0.2, -0.15) is 0 Å². The first-order valence-corrected chi connectivity index (χ1v) is 10.7. The van der Waals surface area contributed by atoms with Crippen molar-refractivity contribution in [2.75, 3.05) is 42.6 Å². The van der Waals surface area contributed by atoms with Gasteiger partial charge in [-0.3, -0.25) is 0 Å². The summed E-state index contributed by atoms with van der Waals surface area (Å²) in [4.78, 5) is 18.4. The Balaban J connectivity index is 1.27. The summed E-state index contributed by atoms with van der Waals surface area (Å²) in [5, 5.41) is 10.5. The average molecular weight is 406 g/mol. The van der Waals surface area contributed by atoms with Crippen LogP contribution in [0.1, 0.15) is 19.3 Å². The molecule has 0 saturated carbocycles. The second kappa shape index (κ2) is 8.44. The second-order valence-electron chi connectivity index (χ2n) is 8.13. The van der Waals surface area contributed by atoms with E-state index in [1.54, 1.807) is 12.4 Å². The predicted octanol–water partition coefficient (Wildman–Crippen LogP) is 2.89. The molecule has 1 aromatic carbocycles. The summed E-state index contributed by atoms with van der Waals surface area (Å²) in [6.45, 7) is 3.70. The molecule has 30 heavy (non-hydrogen) atoms. The zero-order chi connectivity index (χ0) is 20.3. The molecule has 0 radical (unpaired) electrons. The minimum absolute atomic E-state index is 0.0590. The zero-order valence-corrected chi connectivity index (χ0v) is 17.0. The van der Waals surface area contributed by atoms with Crippen LogP contribution in [0.4, 0.5) is 11.6 Å². The topological polar surface area (TPSA) is 74.6 Å². The molecule has 0 amide bonds. The number of pyridine rings is 1. The van der Waals surface area contributed by atoms with E-state index in [1.165, 1.54) is 0 Å². The Morgan fingerprint density at radius 3 is 2.60 bits per heavy atom. The Morgan fingerprint density at radius 1 is 0.933 bits per heavy atom. The quantitative estimate of drug-likeness (QED) is 0.700. The van der Waals surface area contributed by atoms with Gasteiger partial charge >= 0.3 is 0 Å². The standard InChI is InChI=1S/C23H27N5O2/c29-16-17-7-12-27(13-8-17)22-23(25-11-10-24-22)30-19-9-14-28(15-19)21-6-5-18-3-1-2-4-20(18)26-21/h1-6,10-11,17,19,29H,7-9,12-16H2/t19-/m1/s1. The van der Waals surface area contributed by atoms with Gasteiger partial charge in [0.25, 0.3) is 5.88 Å². The van der Waals surface area contributed by atoms with Crippen LogP contribution in [0.2, 0.25) is 0 Å². The minimum Gasteiger partial charge on any atom is -0.470 e. The number of nitrogens with zero attached hydrogens (tertiary/aromatic N) is 5. The highest BCUT2D eigenvalue weighted by atomic mass is 16.5. The number of fused-ring (bicyclic) bond motifs is 1. The van der Waals surface area contributed by atoms with Crippen LogP contribution in [0.25, 0.3) is 10.9 Å². The molecule has 156 valence electrons. The molecule has 1 N–H and O–H groups in total. The van der Waals surface area contributed by atoms with Crippen molar-refractivity contribution in [3.05, 3.63) is 48.8 Å². The molecule has 0 spiro atoms. The summed E-state index contributed by atoms with van der Waals surface area (Å²) in [5.41, 5.74) is 1.02. The molecule has 0 bridgehead atoms. The number of anilines is 2. The average Bonchev–Trinajstić information content (AvgIpc) is 3.28. The van der Waals surface area contributed by atoms with Gasteiger partial charge in [0.05, 0.1) is 12.1 Å². The van der Waals surface area contributed by atoms with Crippen molar-refractivity contribution in [3.8, 4) is 5.88 Å². The van der Waals surface area contributed by atoms with Gasteiger partial charge in [0.1, 0.15) is 11.9 Å². The van der Waals surface area contributed by atoms with Gasteiger partial charge in [0, 0.05) is 50.4 Å². The Bertz CT molecular complexity index is 1010.